The third-order valence-corrected chi connectivity index (χ3v) is 2.02. The van der Waals surface area contributed by atoms with E-state index in [0.717, 1.165) is 6.42 Å². The molecule has 0 bridgehead atoms. The number of hydrogen-bond acceptors (Lipinski definition) is 2. The van der Waals surface area contributed by atoms with Crippen molar-refractivity contribution in [1.82, 2.24) is 0 Å². The minimum atomic E-state index is -0.0909. The van der Waals surface area contributed by atoms with E-state index in [-0.39, 0.29) is 12.0 Å². The molecule has 3 heteroatoms. The molecule has 1 aliphatic rings. The lowest BCUT2D eigenvalue weighted by Gasteiger charge is -2.44. The Morgan fingerprint density at radius 2 is 2.22 bits per heavy atom. The summed E-state index contributed by atoms with van der Waals surface area (Å²) in [5.74, 6) is 0. The fraction of sp³-hybridized carbons (Fsp3) is 1.00. The highest BCUT2D eigenvalue weighted by atomic mass is 17.2. The molecule has 0 radical (unpaired) electrons. The van der Waals surface area contributed by atoms with Gasteiger partial charge in [0.25, 0.3) is 0 Å². The van der Waals surface area contributed by atoms with Crippen LogP contribution < -0.4 is 5.26 Å². The Balaban J connectivity index is 2.36. The molecule has 0 aromatic heterocycles. The van der Waals surface area contributed by atoms with Gasteiger partial charge in [0.05, 0.1) is 6.61 Å². The van der Waals surface area contributed by atoms with Gasteiger partial charge in [-0.2, -0.15) is 0 Å². The molecule has 0 amide bonds. The molecule has 0 aromatic carbocycles. The molecule has 0 atom stereocenters. The number of aliphatic hydroxyl groups is 1. The van der Waals surface area contributed by atoms with Crippen LogP contribution in [0.2, 0.25) is 0 Å². The SMILES string of the molecule is CCC1(CO)C[O+]([O-])C1. The lowest BCUT2D eigenvalue weighted by molar-refractivity contribution is -0.830. The van der Waals surface area contributed by atoms with Gasteiger partial charge in [0.2, 0.25) is 0 Å². The first-order chi connectivity index (χ1) is 4.22. The highest BCUT2D eigenvalue weighted by molar-refractivity contribution is 4.83. The maximum absolute atomic E-state index is 10.4. The molecular formula is C6H12O3. The van der Waals surface area contributed by atoms with Crippen LogP contribution in [0.15, 0.2) is 0 Å². The lowest BCUT2D eigenvalue weighted by atomic mass is 9.84. The Bertz CT molecular complexity index is 90.5. The van der Waals surface area contributed by atoms with Crippen LogP contribution in [-0.4, -0.2) is 24.9 Å². The minimum absolute atomic E-state index is 0.0909. The first-order valence-corrected chi connectivity index (χ1v) is 3.18. The van der Waals surface area contributed by atoms with Crippen LogP contribution >= 0.6 is 0 Å². The minimum Gasteiger partial charge on any atom is -0.534 e. The first-order valence-electron chi connectivity index (χ1n) is 3.18. The van der Waals surface area contributed by atoms with Gasteiger partial charge in [-0.05, 0) is 6.42 Å². The van der Waals surface area contributed by atoms with Crippen molar-refractivity contribution in [3.05, 3.63) is 0 Å². The smallest absolute Gasteiger partial charge is 0.166 e. The molecule has 1 aliphatic heterocycles. The van der Waals surface area contributed by atoms with Crippen LogP contribution in [0.1, 0.15) is 13.3 Å². The molecule has 1 heterocycles. The number of aliphatic hydroxyl groups excluding tert-OH is 1. The van der Waals surface area contributed by atoms with Crippen LogP contribution in [0.4, 0.5) is 0 Å². The predicted octanol–water partition coefficient (Wildman–Crippen LogP) is -0.784. The Morgan fingerprint density at radius 1 is 1.67 bits per heavy atom. The zero-order valence-corrected chi connectivity index (χ0v) is 5.59. The predicted molar refractivity (Wildman–Crippen MR) is 30.6 cm³/mol. The summed E-state index contributed by atoms with van der Waals surface area (Å²) in [4.78, 5) is 0. The topological polar surface area (TPSA) is 46.0 Å². The second-order valence-electron chi connectivity index (χ2n) is 2.74. The van der Waals surface area contributed by atoms with Crippen LogP contribution in [0.5, 0.6) is 0 Å². The highest BCUT2D eigenvalue weighted by Gasteiger charge is 2.45. The molecule has 0 unspecified atom stereocenters. The van der Waals surface area contributed by atoms with Crippen molar-refractivity contribution in [1.29, 1.82) is 0 Å². The van der Waals surface area contributed by atoms with Crippen molar-refractivity contribution in [3.8, 4) is 0 Å². The second-order valence-corrected chi connectivity index (χ2v) is 2.74. The van der Waals surface area contributed by atoms with Gasteiger partial charge in [-0.15, -0.1) is 0 Å². The molecule has 1 fully saturated rings. The van der Waals surface area contributed by atoms with E-state index in [0.29, 0.717) is 13.2 Å². The van der Waals surface area contributed by atoms with E-state index in [9.17, 15) is 5.26 Å². The van der Waals surface area contributed by atoms with E-state index in [1.165, 1.54) is 0 Å². The average molecular weight is 132 g/mol. The number of rotatable bonds is 2. The van der Waals surface area contributed by atoms with Gasteiger partial charge in [0.15, 0.2) is 13.2 Å². The van der Waals surface area contributed by atoms with E-state index in [4.69, 9.17) is 5.11 Å². The average Bonchev–Trinajstić information content (AvgIpc) is 1.81. The molecule has 0 aliphatic carbocycles. The maximum atomic E-state index is 10.4. The van der Waals surface area contributed by atoms with Gasteiger partial charge in [-0.25, -0.2) is 0 Å². The Labute approximate surface area is 54.5 Å². The molecule has 1 saturated heterocycles. The molecule has 54 valence electrons. The Morgan fingerprint density at radius 3 is 2.33 bits per heavy atom. The van der Waals surface area contributed by atoms with Crippen LogP contribution in [0.25, 0.3) is 0 Å². The Hall–Kier alpha value is -0.120. The van der Waals surface area contributed by atoms with E-state index in [1.807, 2.05) is 6.92 Å². The normalized spacial score (nSPS) is 25.7. The summed E-state index contributed by atoms with van der Waals surface area (Å²) in [7, 11) is 0. The summed E-state index contributed by atoms with van der Waals surface area (Å²) >= 11 is 0. The fourth-order valence-corrected chi connectivity index (χ4v) is 1.05. The van der Waals surface area contributed by atoms with Crippen molar-refractivity contribution >= 4 is 0 Å². The van der Waals surface area contributed by atoms with Crippen LogP contribution in [0.3, 0.4) is 0 Å². The standard InChI is InChI=1S/C6H12O3/c1-2-6(3-7)4-9(8)5-6/h7H,2-5H2,1H3. The van der Waals surface area contributed by atoms with Crippen molar-refractivity contribution < 1.29 is 14.9 Å². The highest BCUT2D eigenvalue weighted by Crippen LogP contribution is 2.32. The van der Waals surface area contributed by atoms with Crippen molar-refractivity contribution in [3.63, 3.8) is 0 Å². The van der Waals surface area contributed by atoms with Crippen LogP contribution in [0, 0.1) is 5.41 Å². The lowest BCUT2D eigenvalue weighted by Crippen LogP contribution is -2.57. The zero-order valence-electron chi connectivity index (χ0n) is 5.59. The molecule has 3 nitrogen and oxygen atoms in total. The van der Waals surface area contributed by atoms with Gasteiger partial charge in [0, 0.05) is 0 Å². The molecule has 1 rings (SSSR count). The second kappa shape index (κ2) is 2.25. The van der Waals surface area contributed by atoms with Crippen LogP contribution in [-0.2, 0) is 4.52 Å². The van der Waals surface area contributed by atoms with Gasteiger partial charge in [0.1, 0.15) is 5.41 Å². The summed E-state index contributed by atoms with van der Waals surface area (Å²) in [6.07, 6.45) is 0.884. The van der Waals surface area contributed by atoms with Gasteiger partial charge < -0.3 is 14.9 Å². The summed E-state index contributed by atoms with van der Waals surface area (Å²) in [6.45, 7) is 2.99. The monoisotopic (exact) mass is 132 g/mol. The van der Waals surface area contributed by atoms with E-state index in [2.05, 4.69) is 0 Å². The summed E-state index contributed by atoms with van der Waals surface area (Å²) in [5, 5.41) is 19.1. The van der Waals surface area contributed by atoms with E-state index < -0.39 is 0 Å². The number of hydrogen-bond donors (Lipinski definition) is 1. The molecule has 9 heavy (non-hydrogen) atoms. The molecule has 0 aromatic rings. The van der Waals surface area contributed by atoms with Gasteiger partial charge >= 0.3 is 0 Å². The van der Waals surface area contributed by atoms with E-state index in [1.54, 1.807) is 4.52 Å². The largest absolute Gasteiger partial charge is 0.534 e. The van der Waals surface area contributed by atoms with Gasteiger partial charge in [-0.3, -0.25) is 0 Å². The third-order valence-electron chi connectivity index (χ3n) is 2.02. The fourth-order valence-electron chi connectivity index (χ4n) is 1.05. The first kappa shape index (κ1) is 6.99. The summed E-state index contributed by atoms with van der Waals surface area (Å²) < 4.78 is 1.67. The van der Waals surface area contributed by atoms with E-state index >= 15 is 0 Å². The van der Waals surface area contributed by atoms with Crippen molar-refractivity contribution in [2.45, 2.75) is 13.3 Å². The van der Waals surface area contributed by atoms with Crippen molar-refractivity contribution in [2.75, 3.05) is 19.8 Å². The molecule has 0 spiro atoms. The third kappa shape index (κ3) is 1.08. The molecular weight excluding hydrogens is 120 g/mol. The van der Waals surface area contributed by atoms with Crippen molar-refractivity contribution in [2.24, 2.45) is 5.41 Å². The zero-order chi connectivity index (χ0) is 6.91. The summed E-state index contributed by atoms with van der Waals surface area (Å²) in [5.41, 5.74) is -0.0909. The van der Waals surface area contributed by atoms with Gasteiger partial charge in [-0.1, -0.05) is 6.92 Å². The molecule has 0 saturated carbocycles. The quantitative estimate of drug-likeness (QED) is 0.395. The Kier molecular flexibility index (Phi) is 1.75. The summed E-state index contributed by atoms with van der Waals surface area (Å²) in [6, 6.07) is 0. The molecule has 1 N–H and O–H groups in total. The maximum Gasteiger partial charge on any atom is 0.166 e.